The minimum atomic E-state index is -1.10. The first-order valence-electron chi connectivity index (χ1n) is 13.5. The molecule has 0 radical (unpaired) electrons. The van der Waals surface area contributed by atoms with Gasteiger partial charge in [-0.05, 0) is 76.5 Å². The van der Waals surface area contributed by atoms with E-state index in [2.05, 4.69) is 5.32 Å². The van der Waals surface area contributed by atoms with E-state index in [1.54, 1.807) is 33.8 Å². The van der Waals surface area contributed by atoms with Crippen molar-refractivity contribution >= 4 is 18.2 Å². The number of rotatable bonds is 13. The predicted octanol–water partition coefficient (Wildman–Crippen LogP) is 5.55. The first-order chi connectivity index (χ1) is 18.9. The van der Waals surface area contributed by atoms with Gasteiger partial charge in [-0.25, -0.2) is 18.8 Å². The number of aliphatic carboxylic acids is 1. The lowest BCUT2D eigenvalue weighted by Crippen LogP contribution is -2.51. The van der Waals surface area contributed by atoms with Crippen LogP contribution in [0.2, 0.25) is 0 Å². The molecular formula is C30H39FN2O7. The van der Waals surface area contributed by atoms with Gasteiger partial charge < -0.3 is 24.6 Å². The highest BCUT2D eigenvalue weighted by molar-refractivity contribution is 5.81. The molecule has 0 spiro atoms. The number of carboxylic acid groups (broad SMARTS) is 1. The van der Waals surface area contributed by atoms with Crippen molar-refractivity contribution in [1.82, 2.24) is 10.2 Å². The van der Waals surface area contributed by atoms with Crippen LogP contribution in [0.4, 0.5) is 14.0 Å². The van der Waals surface area contributed by atoms with Gasteiger partial charge in [0.2, 0.25) is 0 Å². The number of amides is 2. The molecule has 2 atom stereocenters. The van der Waals surface area contributed by atoms with Crippen LogP contribution >= 0.6 is 0 Å². The zero-order valence-corrected chi connectivity index (χ0v) is 23.5. The molecule has 2 N–H and O–H groups in total. The smallest absolute Gasteiger partial charge is 0.411 e. The molecule has 10 heteroatoms. The van der Waals surface area contributed by atoms with Crippen molar-refractivity contribution < 1.29 is 38.1 Å². The molecule has 2 aromatic rings. The maximum atomic E-state index is 14.1. The molecular weight excluding hydrogens is 519 g/mol. The fourth-order valence-corrected chi connectivity index (χ4v) is 4.24. The molecule has 40 heavy (non-hydrogen) atoms. The van der Waals surface area contributed by atoms with E-state index in [0.717, 1.165) is 5.56 Å². The number of aryl methyl sites for hydroxylation is 1. The number of hydrogen-bond donors (Lipinski definition) is 2. The van der Waals surface area contributed by atoms with E-state index in [-0.39, 0.29) is 19.1 Å². The fourth-order valence-electron chi connectivity index (χ4n) is 4.24. The van der Waals surface area contributed by atoms with Gasteiger partial charge in [0.1, 0.15) is 35.9 Å². The second-order valence-electron chi connectivity index (χ2n) is 11.0. The highest BCUT2D eigenvalue weighted by Crippen LogP contribution is 2.36. The number of nitrogens with one attached hydrogen (secondary N) is 1. The summed E-state index contributed by atoms with van der Waals surface area (Å²) in [6, 6.07) is 12.5. The molecule has 218 valence electrons. The lowest BCUT2D eigenvalue weighted by atomic mass is 10.1. The monoisotopic (exact) mass is 558 g/mol. The van der Waals surface area contributed by atoms with Crippen molar-refractivity contribution in [2.75, 3.05) is 13.1 Å². The van der Waals surface area contributed by atoms with E-state index < -0.39 is 41.7 Å². The van der Waals surface area contributed by atoms with Crippen LogP contribution in [0, 0.1) is 11.7 Å². The van der Waals surface area contributed by atoms with Crippen LogP contribution < -0.4 is 10.1 Å². The summed E-state index contributed by atoms with van der Waals surface area (Å²) in [6.07, 6.45) is 0.548. The van der Waals surface area contributed by atoms with E-state index in [1.165, 1.54) is 17.0 Å². The second kappa shape index (κ2) is 14.0. The molecule has 2 amide bonds. The van der Waals surface area contributed by atoms with E-state index in [4.69, 9.17) is 14.2 Å². The second-order valence-corrected chi connectivity index (χ2v) is 11.0. The van der Waals surface area contributed by atoms with Gasteiger partial charge in [-0.1, -0.05) is 36.4 Å². The Balaban J connectivity index is 1.58. The van der Waals surface area contributed by atoms with Crippen molar-refractivity contribution in [3.05, 3.63) is 65.5 Å². The molecule has 1 saturated carbocycles. The fraction of sp³-hybridized carbons (Fsp3) is 0.500. The maximum absolute atomic E-state index is 14.1. The van der Waals surface area contributed by atoms with Gasteiger partial charge in [-0.15, -0.1) is 0 Å². The van der Waals surface area contributed by atoms with Crippen molar-refractivity contribution in [3.63, 3.8) is 0 Å². The van der Waals surface area contributed by atoms with Gasteiger partial charge in [0.25, 0.3) is 0 Å². The molecule has 0 aliphatic heterocycles. The van der Waals surface area contributed by atoms with Crippen LogP contribution in [0.5, 0.6) is 5.75 Å². The largest absolute Gasteiger partial charge is 0.488 e. The molecule has 0 bridgehead atoms. The lowest BCUT2D eigenvalue weighted by molar-refractivity contribution is -0.144. The summed E-state index contributed by atoms with van der Waals surface area (Å²) in [4.78, 5) is 38.2. The number of hydrogen-bond acceptors (Lipinski definition) is 6. The van der Waals surface area contributed by atoms with Gasteiger partial charge in [0.05, 0.1) is 6.54 Å². The average molecular weight is 559 g/mol. The summed E-state index contributed by atoms with van der Waals surface area (Å²) in [5, 5.41) is 12.6. The third-order valence-electron chi connectivity index (χ3n) is 6.20. The van der Waals surface area contributed by atoms with E-state index >= 15 is 0 Å². The predicted molar refractivity (Wildman–Crippen MR) is 147 cm³/mol. The van der Waals surface area contributed by atoms with Gasteiger partial charge in [-0.3, -0.25) is 4.90 Å². The number of carbonyl (C=O) groups is 3. The summed E-state index contributed by atoms with van der Waals surface area (Å²) in [6.45, 7) is 7.31. The Labute approximate surface area is 234 Å². The summed E-state index contributed by atoms with van der Waals surface area (Å²) in [7, 11) is 0. The van der Waals surface area contributed by atoms with Gasteiger partial charge >= 0.3 is 18.2 Å². The Kier molecular flexibility index (Phi) is 10.8. The highest BCUT2D eigenvalue weighted by atomic mass is 19.1. The first kappa shape index (κ1) is 30.7. The van der Waals surface area contributed by atoms with Crippen LogP contribution in [0.3, 0.4) is 0 Å². The normalized spacial score (nSPS) is 14.5. The summed E-state index contributed by atoms with van der Waals surface area (Å²) in [5.41, 5.74) is 0.800. The first-order valence-corrected chi connectivity index (χ1v) is 13.5. The van der Waals surface area contributed by atoms with E-state index in [0.29, 0.717) is 43.5 Å². The number of halogens is 1. The number of benzene rings is 2. The van der Waals surface area contributed by atoms with Gasteiger partial charge in [0, 0.05) is 12.6 Å². The topological polar surface area (TPSA) is 114 Å². The summed E-state index contributed by atoms with van der Waals surface area (Å²) >= 11 is 0. The quantitative estimate of drug-likeness (QED) is 0.310. The summed E-state index contributed by atoms with van der Waals surface area (Å²) in [5.74, 6) is -1.43. The Morgan fingerprint density at radius 1 is 1.12 bits per heavy atom. The number of carbonyl (C=O) groups excluding carboxylic acids is 2. The molecule has 0 aromatic heterocycles. The SMILES string of the molecule is C[C@H](CN(C(=O)OC(C)(C)C)[C@H](C(=O)O)C1CC1)Oc1cc(F)ccc1CCCNC(=O)OCc1ccccc1. The molecule has 2 aromatic carbocycles. The number of nitrogens with zero attached hydrogens (tertiary/aromatic N) is 1. The molecule has 0 saturated heterocycles. The third kappa shape index (κ3) is 10.1. The molecule has 1 aliphatic carbocycles. The molecule has 1 fully saturated rings. The molecule has 0 unspecified atom stereocenters. The van der Waals surface area contributed by atoms with E-state index in [1.807, 2.05) is 30.3 Å². The zero-order valence-electron chi connectivity index (χ0n) is 23.5. The molecule has 9 nitrogen and oxygen atoms in total. The third-order valence-corrected chi connectivity index (χ3v) is 6.20. The number of carboxylic acids is 1. The van der Waals surface area contributed by atoms with Crippen molar-refractivity contribution in [3.8, 4) is 5.75 Å². The number of ether oxygens (including phenoxy) is 3. The minimum Gasteiger partial charge on any atom is -0.488 e. The maximum Gasteiger partial charge on any atom is 0.411 e. The van der Waals surface area contributed by atoms with E-state index in [9.17, 15) is 23.9 Å². The highest BCUT2D eigenvalue weighted by Gasteiger charge is 2.44. The molecule has 1 aliphatic rings. The molecule has 0 heterocycles. The zero-order chi connectivity index (χ0) is 29.3. The Bertz CT molecular complexity index is 1150. The lowest BCUT2D eigenvalue weighted by Gasteiger charge is -2.33. The van der Waals surface area contributed by atoms with Crippen LogP contribution in [0.1, 0.15) is 58.1 Å². The van der Waals surface area contributed by atoms with Gasteiger partial charge in [-0.2, -0.15) is 0 Å². The average Bonchev–Trinajstić information content (AvgIpc) is 3.70. The van der Waals surface area contributed by atoms with Crippen molar-refractivity contribution in [2.45, 2.75) is 77.7 Å². The molecule has 3 rings (SSSR count). The minimum absolute atomic E-state index is 0.0485. The number of alkyl carbamates (subject to hydrolysis) is 1. The van der Waals surface area contributed by atoms with Crippen LogP contribution in [-0.4, -0.2) is 59.0 Å². The standard InChI is InChI=1S/C30H39FN2O7/c1-20(18-33(29(37)40-30(2,3)4)26(27(34)35)23-12-13-23)39-25-17-24(31)15-14-22(25)11-8-16-32-28(36)38-19-21-9-6-5-7-10-21/h5-7,9-10,14-15,17,20,23,26H,8,11-13,16,18-19H2,1-4H3,(H,32,36)(H,34,35)/t20-,26+/m1/s1. The van der Waals surface area contributed by atoms with Crippen LogP contribution in [0.25, 0.3) is 0 Å². The summed E-state index contributed by atoms with van der Waals surface area (Å²) < 4.78 is 30.9. The van der Waals surface area contributed by atoms with Crippen molar-refractivity contribution in [2.24, 2.45) is 5.92 Å². The Morgan fingerprint density at radius 2 is 1.82 bits per heavy atom. The van der Waals surface area contributed by atoms with Crippen LogP contribution in [-0.2, 0) is 27.3 Å². The van der Waals surface area contributed by atoms with Gasteiger partial charge in [0.15, 0.2) is 0 Å². The Morgan fingerprint density at radius 3 is 2.45 bits per heavy atom. The Hall–Kier alpha value is -3.82. The van der Waals surface area contributed by atoms with Crippen LogP contribution in [0.15, 0.2) is 48.5 Å². The van der Waals surface area contributed by atoms with Crippen molar-refractivity contribution in [1.29, 1.82) is 0 Å².